The van der Waals surface area contributed by atoms with Crippen LogP contribution >= 0.6 is 0 Å². The Morgan fingerprint density at radius 2 is 1.88 bits per heavy atom. The van der Waals surface area contributed by atoms with Gasteiger partial charge >= 0.3 is 0 Å². The molecule has 1 aromatic carbocycles. The quantitative estimate of drug-likeness (QED) is 0.782. The topological polar surface area (TPSA) is 70.9 Å². The maximum absolute atomic E-state index is 9.17. The first kappa shape index (κ1) is 9.47. The van der Waals surface area contributed by atoms with Gasteiger partial charge in [0, 0.05) is 6.04 Å². The van der Waals surface area contributed by atoms with Crippen molar-refractivity contribution in [1.82, 2.24) is 15.2 Å². The molecule has 1 heterocycles. The van der Waals surface area contributed by atoms with Gasteiger partial charge in [0.2, 0.25) is 5.95 Å². The van der Waals surface area contributed by atoms with E-state index in [2.05, 4.69) is 20.5 Å². The number of aromatic nitrogens is 3. The summed E-state index contributed by atoms with van der Waals surface area (Å²) in [6.45, 7) is 0. The predicted octanol–water partition coefficient (Wildman–Crippen LogP) is 0.960. The van der Waals surface area contributed by atoms with Gasteiger partial charge in [-0.25, -0.2) is 4.98 Å². The first-order valence-electron chi connectivity index (χ1n) is 5.35. The first-order valence-corrected chi connectivity index (χ1v) is 5.35. The largest absolute Gasteiger partial charge is 0.393 e. The van der Waals surface area contributed by atoms with E-state index in [-0.39, 0.29) is 12.1 Å². The number of aliphatic hydroxyl groups is 1. The minimum absolute atomic E-state index is 0.175. The molecule has 0 bridgehead atoms. The molecule has 2 N–H and O–H groups in total. The van der Waals surface area contributed by atoms with Crippen LogP contribution in [0.4, 0.5) is 5.95 Å². The lowest BCUT2D eigenvalue weighted by Crippen LogP contribution is -2.39. The zero-order chi connectivity index (χ0) is 11.0. The van der Waals surface area contributed by atoms with Crippen LogP contribution in [-0.4, -0.2) is 32.4 Å². The van der Waals surface area contributed by atoms with Gasteiger partial charge in [-0.15, -0.1) is 10.2 Å². The number of anilines is 1. The Balaban J connectivity index is 1.82. The molecule has 2 aromatic rings. The second kappa shape index (κ2) is 3.68. The van der Waals surface area contributed by atoms with Gasteiger partial charge in [-0.3, -0.25) is 0 Å². The van der Waals surface area contributed by atoms with Gasteiger partial charge in [-0.2, -0.15) is 0 Å². The Morgan fingerprint density at radius 3 is 2.62 bits per heavy atom. The van der Waals surface area contributed by atoms with Crippen molar-refractivity contribution in [2.24, 2.45) is 0 Å². The molecule has 5 heteroatoms. The SMILES string of the molecule is OC1CC(Nc2nnc3ccccc3n2)C1. The summed E-state index contributed by atoms with van der Waals surface area (Å²) < 4.78 is 0. The molecule has 0 atom stereocenters. The van der Waals surface area contributed by atoms with Gasteiger partial charge in [-0.05, 0) is 25.0 Å². The van der Waals surface area contributed by atoms with Crippen LogP contribution in [0.5, 0.6) is 0 Å². The fourth-order valence-electron chi connectivity index (χ4n) is 1.83. The lowest BCUT2D eigenvalue weighted by Gasteiger charge is -2.31. The summed E-state index contributed by atoms with van der Waals surface area (Å²) in [5.41, 5.74) is 1.63. The molecule has 1 fully saturated rings. The van der Waals surface area contributed by atoms with E-state index in [4.69, 9.17) is 0 Å². The van der Waals surface area contributed by atoms with E-state index in [9.17, 15) is 5.11 Å². The summed E-state index contributed by atoms with van der Waals surface area (Å²) in [6.07, 6.45) is 1.35. The lowest BCUT2D eigenvalue weighted by atomic mass is 9.90. The van der Waals surface area contributed by atoms with Gasteiger partial charge in [-0.1, -0.05) is 12.1 Å². The van der Waals surface area contributed by atoms with Crippen molar-refractivity contribution in [1.29, 1.82) is 0 Å². The van der Waals surface area contributed by atoms with Crippen LogP contribution in [0, 0.1) is 0 Å². The zero-order valence-electron chi connectivity index (χ0n) is 8.67. The first-order chi connectivity index (χ1) is 7.81. The maximum atomic E-state index is 9.17. The van der Waals surface area contributed by atoms with Crippen LogP contribution in [0.25, 0.3) is 11.0 Å². The van der Waals surface area contributed by atoms with Crippen LogP contribution in [-0.2, 0) is 0 Å². The Bertz CT molecular complexity index is 510. The third kappa shape index (κ3) is 1.69. The molecule has 1 aliphatic carbocycles. The number of hydrogen-bond donors (Lipinski definition) is 2. The molecule has 5 nitrogen and oxygen atoms in total. The Morgan fingerprint density at radius 1 is 1.12 bits per heavy atom. The monoisotopic (exact) mass is 216 g/mol. The predicted molar refractivity (Wildman–Crippen MR) is 60.0 cm³/mol. The van der Waals surface area contributed by atoms with E-state index >= 15 is 0 Å². The van der Waals surface area contributed by atoms with Gasteiger partial charge in [0.05, 0.1) is 11.6 Å². The van der Waals surface area contributed by atoms with Crippen molar-refractivity contribution in [3.05, 3.63) is 24.3 Å². The number of aliphatic hydroxyl groups excluding tert-OH is 1. The third-order valence-corrected chi connectivity index (χ3v) is 2.81. The Hall–Kier alpha value is -1.75. The van der Waals surface area contributed by atoms with Crippen LogP contribution in [0.2, 0.25) is 0 Å². The van der Waals surface area contributed by atoms with Crippen molar-refractivity contribution in [2.45, 2.75) is 25.0 Å². The molecule has 1 saturated carbocycles. The van der Waals surface area contributed by atoms with Gasteiger partial charge < -0.3 is 10.4 Å². The average Bonchev–Trinajstić information content (AvgIpc) is 2.27. The second-order valence-corrected chi connectivity index (χ2v) is 4.09. The van der Waals surface area contributed by atoms with Crippen LogP contribution in [0.3, 0.4) is 0 Å². The molecular weight excluding hydrogens is 204 g/mol. The summed E-state index contributed by atoms with van der Waals surface area (Å²) in [4.78, 5) is 4.36. The van der Waals surface area contributed by atoms with Crippen molar-refractivity contribution in [3.8, 4) is 0 Å². The van der Waals surface area contributed by atoms with E-state index < -0.39 is 0 Å². The summed E-state index contributed by atoms with van der Waals surface area (Å²) >= 11 is 0. The zero-order valence-corrected chi connectivity index (χ0v) is 8.67. The molecule has 82 valence electrons. The molecule has 0 spiro atoms. The molecule has 1 aliphatic rings. The molecule has 3 rings (SSSR count). The smallest absolute Gasteiger partial charge is 0.243 e. The van der Waals surface area contributed by atoms with E-state index in [0.717, 1.165) is 23.9 Å². The highest BCUT2D eigenvalue weighted by Gasteiger charge is 2.27. The van der Waals surface area contributed by atoms with Crippen molar-refractivity contribution < 1.29 is 5.11 Å². The van der Waals surface area contributed by atoms with Gasteiger partial charge in [0.1, 0.15) is 5.52 Å². The van der Waals surface area contributed by atoms with Crippen molar-refractivity contribution in [3.63, 3.8) is 0 Å². The molecule has 0 amide bonds. The normalized spacial score (nSPS) is 24.1. The summed E-state index contributed by atoms with van der Waals surface area (Å²) in [5, 5.41) is 20.4. The molecule has 0 unspecified atom stereocenters. The standard InChI is InChI=1S/C11H12N4O/c16-8-5-7(6-8)12-11-13-9-3-1-2-4-10(9)14-15-11/h1-4,7-8,16H,5-6H2,(H,12,13,15). The molecule has 0 radical (unpaired) electrons. The highest BCUT2D eigenvalue weighted by atomic mass is 16.3. The fraction of sp³-hybridized carbons (Fsp3) is 0.364. The average molecular weight is 216 g/mol. The number of fused-ring (bicyclic) bond motifs is 1. The van der Waals surface area contributed by atoms with E-state index in [1.54, 1.807) is 0 Å². The molecule has 0 aliphatic heterocycles. The van der Waals surface area contributed by atoms with Gasteiger partial charge in [0.15, 0.2) is 0 Å². The third-order valence-electron chi connectivity index (χ3n) is 2.81. The Kier molecular flexibility index (Phi) is 2.18. The summed E-state index contributed by atoms with van der Waals surface area (Å²) in [6, 6.07) is 7.90. The van der Waals surface area contributed by atoms with Crippen molar-refractivity contribution >= 4 is 17.0 Å². The van der Waals surface area contributed by atoms with Crippen LogP contribution in [0.15, 0.2) is 24.3 Å². The molecule has 16 heavy (non-hydrogen) atoms. The second-order valence-electron chi connectivity index (χ2n) is 4.09. The lowest BCUT2D eigenvalue weighted by molar-refractivity contribution is 0.0834. The van der Waals surface area contributed by atoms with E-state index in [1.165, 1.54) is 0 Å². The molecular formula is C11H12N4O. The number of rotatable bonds is 2. The van der Waals surface area contributed by atoms with E-state index in [1.807, 2.05) is 24.3 Å². The molecule has 1 aromatic heterocycles. The van der Waals surface area contributed by atoms with E-state index in [0.29, 0.717) is 5.95 Å². The Labute approximate surface area is 92.5 Å². The maximum Gasteiger partial charge on any atom is 0.243 e. The number of para-hydroxylation sites is 1. The highest BCUT2D eigenvalue weighted by Crippen LogP contribution is 2.22. The minimum atomic E-state index is -0.175. The van der Waals surface area contributed by atoms with Gasteiger partial charge in [0.25, 0.3) is 0 Å². The summed E-state index contributed by atoms with van der Waals surface area (Å²) in [7, 11) is 0. The summed E-state index contributed by atoms with van der Waals surface area (Å²) in [5.74, 6) is 0.538. The number of hydrogen-bond acceptors (Lipinski definition) is 5. The highest BCUT2D eigenvalue weighted by molar-refractivity contribution is 5.74. The minimum Gasteiger partial charge on any atom is -0.393 e. The fourth-order valence-corrected chi connectivity index (χ4v) is 1.83. The van der Waals surface area contributed by atoms with Crippen LogP contribution < -0.4 is 5.32 Å². The van der Waals surface area contributed by atoms with Crippen LogP contribution in [0.1, 0.15) is 12.8 Å². The van der Waals surface area contributed by atoms with Crippen molar-refractivity contribution in [2.75, 3.05) is 5.32 Å². The number of nitrogens with one attached hydrogen (secondary N) is 1. The number of nitrogens with zero attached hydrogens (tertiary/aromatic N) is 3. The molecule has 0 saturated heterocycles. The number of benzene rings is 1.